The molecule has 2 rings (SSSR count). The first-order valence-electron chi connectivity index (χ1n) is 7.81. The van der Waals surface area contributed by atoms with Gasteiger partial charge < -0.3 is 4.90 Å². The third-order valence-electron chi connectivity index (χ3n) is 4.67. The van der Waals surface area contributed by atoms with E-state index in [1.165, 1.54) is 18.4 Å². The fourth-order valence-electron chi connectivity index (χ4n) is 3.19. The molecule has 2 atom stereocenters. The average molecular weight is 263 g/mol. The fourth-order valence-corrected chi connectivity index (χ4v) is 3.19. The van der Waals surface area contributed by atoms with Gasteiger partial charge in [-0.05, 0) is 50.4 Å². The van der Waals surface area contributed by atoms with E-state index in [0.717, 1.165) is 25.4 Å². The van der Waals surface area contributed by atoms with Crippen LogP contribution >= 0.6 is 0 Å². The molecule has 0 aromatic rings. The van der Waals surface area contributed by atoms with E-state index < -0.39 is 0 Å². The molecular weight excluding hydrogens is 234 g/mol. The lowest BCUT2D eigenvalue weighted by molar-refractivity contribution is -0.133. The first-order valence-corrected chi connectivity index (χ1v) is 7.81. The van der Waals surface area contributed by atoms with Gasteiger partial charge in [-0.1, -0.05) is 32.4 Å². The third kappa shape index (κ3) is 3.21. The fraction of sp³-hybridized carbons (Fsp3) is 0.824. The van der Waals surface area contributed by atoms with Crippen molar-refractivity contribution in [1.82, 2.24) is 4.90 Å². The summed E-state index contributed by atoms with van der Waals surface area (Å²) in [6.07, 6.45) is 6.00. The Balaban J connectivity index is 2.02. The summed E-state index contributed by atoms with van der Waals surface area (Å²) in [4.78, 5) is 14.9. The zero-order chi connectivity index (χ0) is 14.2. The monoisotopic (exact) mass is 263 g/mol. The van der Waals surface area contributed by atoms with Gasteiger partial charge >= 0.3 is 0 Å². The van der Waals surface area contributed by atoms with E-state index in [9.17, 15) is 4.79 Å². The Bertz CT molecular complexity index is 375. The largest absolute Gasteiger partial charge is 0.342 e. The van der Waals surface area contributed by atoms with Crippen molar-refractivity contribution in [2.24, 2.45) is 23.2 Å². The van der Waals surface area contributed by atoms with Crippen LogP contribution in [0.1, 0.15) is 53.9 Å². The molecule has 0 N–H and O–H groups in total. The molecule has 2 aliphatic rings. The van der Waals surface area contributed by atoms with Crippen molar-refractivity contribution in [3.63, 3.8) is 0 Å². The van der Waals surface area contributed by atoms with Crippen LogP contribution < -0.4 is 0 Å². The molecule has 0 aromatic heterocycles. The minimum atomic E-state index is 0.157. The molecular formula is C17H29NO. The molecule has 0 aliphatic heterocycles. The standard InChI is InChI=1S/C17H29NO/c1-6-9-18(11-13-7-8-13)16(19)15-14(10-12(2)3)17(15,4)5/h10,13-15H,6-9,11H2,1-5H3. The van der Waals surface area contributed by atoms with Crippen LogP contribution in [0.5, 0.6) is 0 Å². The van der Waals surface area contributed by atoms with Crippen molar-refractivity contribution in [1.29, 1.82) is 0 Å². The van der Waals surface area contributed by atoms with Crippen LogP contribution in [0.25, 0.3) is 0 Å². The van der Waals surface area contributed by atoms with E-state index in [4.69, 9.17) is 0 Å². The minimum absolute atomic E-state index is 0.157. The summed E-state index contributed by atoms with van der Waals surface area (Å²) in [6.45, 7) is 12.8. The number of hydrogen-bond acceptors (Lipinski definition) is 1. The second kappa shape index (κ2) is 5.30. The summed E-state index contributed by atoms with van der Waals surface area (Å²) in [5, 5.41) is 0. The topological polar surface area (TPSA) is 20.3 Å². The van der Waals surface area contributed by atoms with Crippen LogP contribution in [-0.4, -0.2) is 23.9 Å². The Morgan fingerprint density at radius 1 is 1.32 bits per heavy atom. The predicted molar refractivity (Wildman–Crippen MR) is 79.8 cm³/mol. The van der Waals surface area contributed by atoms with Crippen molar-refractivity contribution in [2.75, 3.05) is 13.1 Å². The second-order valence-electron chi connectivity index (χ2n) is 7.30. The van der Waals surface area contributed by atoms with Crippen LogP contribution in [0.4, 0.5) is 0 Å². The van der Waals surface area contributed by atoms with Crippen molar-refractivity contribution >= 4 is 5.91 Å². The summed E-state index contributed by atoms with van der Waals surface area (Å²) < 4.78 is 0. The van der Waals surface area contributed by atoms with Crippen LogP contribution in [0.3, 0.4) is 0 Å². The number of allylic oxidation sites excluding steroid dienone is 2. The normalized spacial score (nSPS) is 27.8. The summed E-state index contributed by atoms with van der Waals surface area (Å²) in [5.74, 6) is 1.86. The molecule has 2 unspecified atom stereocenters. The van der Waals surface area contributed by atoms with E-state index in [1.807, 2.05) is 0 Å². The lowest BCUT2D eigenvalue weighted by Gasteiger charge is -2.23. The minimum Gasteiger partial charge on any atom is -0.342 e. The first kappa shape index (κ1) is 14.6. The predicted octanol–water partition coefficient (Wildman–Crippen LogP) is 3.87. The van der Waals surface area contributed by atoms with Gasteiger partial charge in [0.25, 0.3) is 0 Å². The molecule has 2 heteroatoms. The van der Waals surface area contributed by atoms with Gasteiger partial charge in [0, 0.05) is 13.1 Å². The highest BCUT2D eigenvalue weighted by molar-refractivity contribution is 5.83. The van der Waals surface area contributed by atoms with E-state index >= 15 is 0 Å². The van der Waals surface area contributed by atoms with Gasteiger partial charge in [0.15, 0.2) is 0 Å². The highest BCUT2D eigenvalue weighted by Gasteiger charge is 2.61. The molecule has 2 aliphatic carbocycles. The maximum atomic E-state index is 12.8. The van der Waals surface area contributed by atoms with E-state index in [1.54, 1.807) is 0 Å². The molecule has 19 heavy (non-hydrogen) atoms. The van der Waals surface area contributed by atoms with E-state index in [0.29, 0.717) is 11.8 Å². The van der Waals surface area contributed by atoms with Gasteiger partial charge in [0.1, 0.15) is 0 Å². The zero-order valence-corrected chi connectivity index (χ0v) is 13.2. The van der Waals surface area contributed by atoms with Crippen molar-refractivity contribution in [3.05, 3.63) is 11.6 Å². The lowest BCUT2D eigenvalue weighted by Crippen LogP contribution is -2.35. The summed E-state index contributed by atoms with van der Waals surface area (Å²) in [7, 11) is 0. The maximum Gasteiger partial charge on any atom is 0.226 e. The molecule has 1 amide bonds. The average Bonchev–Trinajstić information content (AvgIpc) is 3.18. The van der Waals surface area contributed by atoms with Crippen molar-refractivity contribution in [2.45, 2.75) is 53.9 Å². The molecule has 2 fully saturated rings. The van der Waals surface area contributed by atoms with E-state index in [2.05, 4.69) is 45.6 Å². The first-order chi connectivity index (χ1) is 8.87. The van der Waals surface area contributed by atoms with Gasteiger partial charge in [-0.15, -0.1) is 0 Å². The van der Waals surface area contributed by atoms with Gasteiger partial charge in [-0.25, -0.2) is 0 Å². The second-order valence-corrected chi connectivity index (χ2v) is 7.30. The highest BCUT2D eigenvalue weighted by Crippen LogP contribution is 2.60. The van der Waals surface area contributed by atoms with Gasteiger partial charge in [0.2, 0.25) is 5.91 Å². The molecule has 108 valence electrons. The number of nitrogens with zero attached hydrogens (tertiary/aromatic N) is 1. The molecule has 0 saturated heterocycles. The highest BCUT2D eigenvalue weighted by atomic mass is 16.2. The Hall–Kier alpha value is -0.790. The summed E-state index contributed by atoms with van der Waals surface area (Å²) in [6, 6.07) is 0. The van der Waals surface area contributed by atoms with Crippen LogP contribution in [0.15, 0.2) is 11.6 Å². The van der Waals surface area contributed by atoms with Crippen LogP contribution in [0, 0.1) is 23.2 Å². The van der Waals surface area contributed by atoms with Crippen molar-refractivity contribution in [3.8, 4) is 0 Å². The number of hydrogen-bond donors (Lipinski definition) is 0. The molecule has 0 radical (unpaired) electrons. The number of carbonyl (C=O) groups excluding carboxylic acids is 1. The smallest absolute Gasteiger partial charge is 0.226 e. The Kier molecular flexibility index (Phi) is 4.08. The van der Waals surface area contributed by atoms with E-state index in [-0.39, 0.29) is 11.3 Å². The molecule has 0 heterocycles. The van der Waals surface area contributed by atoms with Crippen molar-refractivity contribution < 1.29 is 4.79 Å². The molecule has 2 saturated carbocycles. The van der Waals surface area contributed by atoms with Crippen LogP contribution in [0.2, 0.25) is 0 Å². The number of amides is 1. The SMILES string of the molecule is CCCN(CC1CC1)C(=O)C1C(C=C(C)C)C1(C)C. The molecule has 0 bridgehead atoms. The summed E-state index contributed by atoms with van der Waals surface area (Å²) in [5.41, 5.74) is 1.49. The van der Waals surface area contributed by atoms with Gasteiger partial charge in [0.05, 0.1) is 5.92 Å². The Morgan fingerprint density at radius 3 is 2.42 bits per heavy atom. The number of rotatable bonds is 6. The quantitative estimate of drug-likeness (QED) is 0.666. The van der Waals surface area contributed by atoms with Gasteiger partial charge in [-0.3, -0.25) is 4.79 Å². The molecule has 0 spiro atoms. The summed E-state index contributed by atoms with van der Waals surface area (Å²) >= 11 is 0. The zero-order valence-electron chi connectivity index (χ0n) is 13.2. The van der Waals surface area contributed by atoms with Crippen LogP contribution in [-0.2, 0) is 4.79 Å². The maximum absolute atomic E-state index is 12.8. The molecule has 2 nitrogen and oxygen atoms in total. The number of carbonyl (C=O) groups is 1. The lowest BCUT2D eigenvalue weighted by atomic mass is 10.1. The Morgan fingerprint density at radius 2 is 1.95 bits per heavy atom. The van der Waals surface area contributed by atoms with Gasteiger partial charge in [-0.2, -0.15) is 0 Å². The third-order valence-corrected chi connectivity index (χ3v) is 4.67. The Labute approximate surface area is 118 Å². The molecule has 0 aromatic carbocycles.